The Kier molecular flexibility index (Phi) is 3.91. The highest BCUT2D eigenvalue weighted by Gasteiger charge is 2.72. The molecule has 0 aromatic heterocycles. The largest absolute Gasteiger partial charge is 0.454 e. The second-order valence-corrected chi connectivity index (χ2v) is 7.40. The predicted molar refractivity (Wildman–Crippen MR) is 96.1 cm³/mol. The van der Waals surface area contributed by atoms with Gasteiger partial charge in [0.15, 0.2) is 17.1 Å². The van der Waals surface area contributed by atoms with Gasteiger partial charge >= 0.3 is 11.9 Å². The lowest BCUT2D eigenvalue weighted by atomic mass is 9.76. The summed E-state index contributed by atoms with van der Waals surface area (Å²) < 4.78 is 26.9. The zero-order valence-corrected chi connectivity index (χ0v) is 16.0. The molecular formula is C20H17NO9. The summed E-state index contributed by atoms with van der Waals surface area (Å²) in [5, 5.41) is 0. The Morgan fingerprint density at radius 2 is 1.80 bits per heavy atom. The van der Waals surface area contributed by atoms with Gasteiger partial charge in [0.05, 0.1) is 23.6 Å². The smallest absolute Gasteiger partial charge is 0.305 e. The number of imide groups is 1. The Bertz CT molecular complexity index is 1000. The van der Waals surface area contributed by atoms with Gasteiger partial charge in [-0.15, -0.1) is 0 Å². The van der Waals surface area contributed by atoms with Crippen LogP contribution in [0.3, 0.4) is 0 Å². The molecule has 5 rings (SSSR count). The lowest BCUT2D eigenvalue weighted by Gasteiger charge is -2.34. The van der Waals surface area contributed by atoms with Crippen molar-refractivity contribution in [2.24, 2.45) is 11.8 Å². The topological polar surface area (TPSA) is 118 Å². The predicted octanol–water partition coefficient (Wildman–Crippen LogP) is 0.681. The number of carbonyl (C=O) groups excluding carboxylic acids is 4. The number of amides is 2. The molecular weight excluding hydrogens is 398 g/mol. The minimum atomic E-state index is -1.58. The monoisotopic (exact) mass is 415 g/mol. The van der Waals surface area contributed by atoms with Crippen molar-refractivity contribution < 1.29 is 42.9 Å². The maximum absolute atomic E-state index is 13.4. The Hall–Kier alpha value is -3.40. The Labute approximate surface area is 170 Å². The number of hydrogen-bond donors (Lipinski definition) is 0. The molecule has 4 atom stereocenters. The number of ether oxygens (including phenoxy) is 5. The zero-order valence-electron chi connectivity index (χ0n) is 16.0. The van der Waals surface area contributed by atoms with Gasteiger partial charge in [-0.2, -0.15) is 0 Å². The molecule has 0 aliphatic carbocycles. The van der Waals surface area contributed by atoms with Gasteiger partial charge in [0.1, 0.15) is 0 Å². The average Bonchev–Trinajstić information content (AvgIpc) is 3.43. The van der Waals surface area contributed by atoms with Gasteiger partial charge in [-0.1, -0.05) is 6.08 Å². The first kappa shape index (κ1) is 18.6. The molecule has 0 spiro atoms. The Morgan fingerprint density at radius 1 is 1.10 bits per heavy atom. The van der Waals surface area contributed by atoms with Crippen LogP contribution in [0.4, 0.5) is 5.69 Å². The molecule has 1 aromatic rings. The van der Waals surface area contributed by atoms with Crippen LogP contribution in [0.5, 0.6) is 11.5 Å². The highest BCUT2D eigenvalue weighted by Crippen LogP contribution is 2.55. The number of benzene rings is 1. The van der Waals surface area contributed by atoms with E-state index in [0.29, 0.717) is 17.2 Å². The van der Waals surface area contributed by atoms with Crippen LogP contribution in [0, 0.1) is 11.8 Å². The average molecular weight is 415 g/mol. The number of hydrogen-bond acceptors (Lipinski definition) is 9. The summed E-state index contributed by atoms with van der Waals surface area (Å²) in [6.07, 6.45) is 0.940. The number of carbonyl (C=O) groups is 4. The molecule has 4 heterocycles. The van der Waals surface area contributed by atoms with E-state index >= 15 is 0 Å². The maximum Gasteiger partial charge on any atom is 0.305 e. The molecule has 156 valence electrons. The van der Waals surface area contributed by atoms with E-state index in [1.165, 1.54) is 6.08 Å². The molecule has 10 nitrogen and oxygen atoms in total. The van der Waals surface area contributed by atoms with Gasteiger partial charge in [-0.3, -0.25) is 19.2 Å². The molecule has 10 heteroatoms. The van der Waals surface area contributed by atoms with Gasteiger partial charge in [0.2, 0.25) is 18.6 Å². The molecule has 2 amide bonds. The van der Waals surface area contributed by atoms with E-state index in [-0.39, 0.29) is 6.79 Å². The van der Waals surface area contributed by atoms with Crippen LogP contribution in [0.25, 0.3) is 0 Å². The van der Waals surface area contributed by atoms with E-state index in [2.05, 4.69) is 0 Å². The summed E-state index contributed by atoms with van der Waals surface area (Å²) in [5.74, 6) is -3.34. The first-order valence-electron chi connectivity index (χ1n) is 9.31. The highest BCUT2D eigenvalue weighted by atomic mass is 16.7. The minimum Gasteiger partial charge on any atom is -0.454 e. The van der Waals surface area contributed by atoms with Gasteiger partial charge < -0.3 is 23.7 Å². The standard InChI is InChI=1S/C20H17NO9/c1-9(22)28-19(29-10(2)23)20-6-5-13(30-20)15-16(20)18(25)21(17(15)24)11-3-4-12-14(7-11)27-8-26-12/h3-7,13,15-16,19H,8H2,1-2H3/t13-,15-,16+,20+/m1/s1. The molecule has 2 saturated heterocycles. The van der Waals surface area contributed by atoms with Crippen LogP contribution >= 0.6 is 0 Å². The summed E-state index contributed by atoms with van der Waals surface area (Å²) in [4.78, 5) is 50.9. The van der Waals surface area contributed by atoms with E-state index < -0.39 is 53.6 Å². The summed E-state index contributed by atoms with van der Waals surface area (Å²) in [6, 6.07) is 4.76. The second kappa shape index (κ2) is 6.30. The molecule has 0 saturated carbocycles. The van der Waals surface area contributed by atoms with Crippen LogP contribution in [-0.4, -0.2) is 48.5 Å². The summed E-state index contributed by atoms with van der Waals surface area (Å²) in [5.41, 5.74) is -1.25. The molecule has 2 fully saturated rings. The first-order chi connectivity index (χ1) is 14.3. The SMILES string of the molecule is CC(=O)OC(OC(C)=O)[C@@]12C=C[C@@H](O1)[C@H]1C(=O)N(c3ccc4c(c3)OCO4)C(=O)[C@H]12. The summed E-state index contributed by atoms with van der Waals surface area (Å²) >= 11 is 0. The van der Waals surface area contributed by atoms with Crippen molar-refractivity contribution in [3.63, 3.8) is 0 Å². The third kappa shape index (κ3) is 2.46. The van der Waals surface area contributed by atoms with Crippen molar-refractivity contribution in [3.8, 4) is 11.5 Å². The fourth-order valence-electron chi connectivity index (χ4n) is 4.50. The molecule has 4 aliphatic rings. The van der Waals surface area contributed by atoms with Crippen LogP contribution in [0.2, 0.25) is 0 Å². The van der Waals surface area contributed by atoms with E-state index in [9.17, 15) is 19.2 Å². The fraction of sp³-hybridized carbons (Fsp3) is 0.400. The minimum absolute atomic E-state index is 0.0569. The van der Waals surface area contributed by atoms with E-state index in [1.54, 1.807) is 24.3 Å². The Morgan fingerprint density at radius 3 is 2.50 bits per heavy atom. The van der Waals surface area contributed by atoms with Crippen molar-refractivity contribution in [3.05, 3.63) is 30.4 Å². The number of fused-ring (bicyclic) bond motifs is 6. The lowest BCUT2D eigenvalue weighted by Crippen LogP contribution is -2.52. The summed E-state index contributed by atoms with van der Waals surface area (Å²) in [6.45, 7) is 2.36. The first-order valence-corrected chi connectivity index (χ1v) is 9.31. The van der Waals surface area contributed by atoms with Gasteiger partial charge in [-0.05, 0) is 18.2 Å². The summed E-state index contributed by atoms with van der Waals surface area (Å²) in [7, 11) is 0. The van der Waals surface area contributed by atoms with Gasteiger partial charge in [0, 0.05) is 19.9 Å². The number of nitrogens with zero attached hydrogens (tertiary/aromatic N) is 1. The van der Waals surface area contributed by atoms with E-state index in [4.69, 9.17) is 23.7 Å². The van der Waals surface area contributed by atoms with Crippen molar-refractivity contribution in [2.75, 3.05) is 11.7 Å². The van der Waals surface area contributed by atoms with Crippen LogP contribution < -0.4 is 14.4 Å². The van der Waals surface area contributed by atoms with Crippen molar-refractivity contribution >= 4 is 29.4 Å². The molecule has 1 aromatic carbocycles. The maximum atomic E-state index is 13.4. The molecule has 0 radical (unpaired) electrons. The van der Waals surface area contributed by atoms with Crippen LogP contribution in [0.1, 0.15) is 13.8 Å². The second-order valence-electron chi connectivity index (χ2n) is 7.40. The molecule has 4 aliphatic heterocycles. The van der Waals surface area contributed by atoms with Crippen LogP contribution in [-0.2, 0) is 33.4 Å². The van der Waals surface area contributed by atoms with E-state index in [0.717, 1.165) is 18.7 Å². The molecule has 30 heavy (non-hydrogen) atoms. The van der Waals surface area contributed by atoms with Crippen LogP contribution in [0.15, 0.2) is 30.4 Å². The van der Waals surface area contributed by atoms with Gasteiger partial charge in [0.25, 0.3) is 6.29 Å². The molecule has 0 N–H and O–H groups in total. The fourth-order valence-corrected chi connectivity index (χ4v) is 4.50. The Balaban J connectivity index is 1.53. The number of esters is 2. The zero-order chi connectivity index (χ0) is 21.2. The quantitative estimate of drug-likeness (QED) is 0.303. The lowest BCUT2D eigenvalue weighted by molar-refractivity contribution is -0.226. The van der Waals surface area contributed by atoms with Gasteiger partial charge in [-0.25, -0.2) is 4.90 Å². The third-order valence-electron chi connectivity index (χ3n) is 5.61. The normalized spacial score (nSPS) is 30.2. The van der Waals surface area contributed by atoms with E-state index in [1.807, 2.05) is 0 Å². The van der Waals surface area contributed by atoms with Crippen molar-refractivity contribution in [1.29, 1.82) is 0 Å². The number of anilines is 1. The highest BCUT2D eigenvalue weighted by molar-refractivity contribution is 6.23. The molecule has 2 bridgehead atoms. The number of rotatable bonds is 4. The van der Waals surface area contributed by atoms with Crippen molar-refractivity contribution in [2.45, 2.75) is 31.8 Å². The third-order valence-corrected chi connectivity index (χ3v) is 5.61. The van der Waals surface area contributed by atoms with Crippen molar-refractivity contribution in [1.82, 2.24) is 0 Å². The molecule has 0 unspecified atom stereocenters.